The minimum absolute atomic E-state index is 0.0664. The van der Waals surface area contributed by atoms with Gasteiger partial charge in [-0.25, -0.2) is 0 Å². The second-order valence-corrected chi connectivity index (χ2v) is 4.84. The van der Waals surface area contributed by atoms with Gasteiger partial charge in [0.15, 0.2) is 0 Å². The number of rotatable bonds is 5. The van der Waals surface area contributed by atoms with Gasteiger partial charge in [0.1, 0.15) is 0 Å². The fourth-order valence-electron chi connectivity index (χ4n) is 2.27. The third-order valence-corrected chi connectivity index (χ3v) is 3.44. The summed E-state index contributed by atoms with van der Waals surface area (Å²) in [4.78, 5) is 10.7. The van der Waals surface area contributed by atoms with Crippen LogP contribution in [0.3, 0.4) is 0 Å². The Balaban J connectivity index is 2.27. The smallest absolute Gasteiger partial charge is 0.272 e. The highest BCUT2D eigenvalue weighted by Crippen LogP contribution is 2.24. The highest BCUT2D eigenvalue weighted by Gasteiger charge is 2.17. The van der Waals surface area contributed by atoms with Gasteiger partial charge in [0, 0.05) is 17.7 Å². The van der Waals surface area contributed by atoms with Crippen molar-refractivity contribution in [3.8, 4) is 0 Å². The standard InChI is InChI=1S/C16H18N2O2/c1-12-7-9-13(10-8-12)15(17-2)11-14-5-3-4-6-16(14)18(19)20/h3-10,15,17H,11H2,1-2H3. The van der Waals surface area contributed by atoms with Crippen LogP contribution < -0.4 is 5.32 Å². The van der Waals surface area contributed by atoms with Crippen molar-refractivity contribution in [2.24, 2.45) is 0 Å². The highest BCUT2D eigenvalue weighted by molar-refractivity contribution is 5.41. The van der Waals surface area contributed by atoms with E-state index < -0.39 is 0 Å². The maximum Gasteiger partial charge on any atom is 0.272 e. The van der Waals surface area contributed by atoms with Crippen LogP contribution in [0, 0.1) is 17.0 Å². The van der Waals surface area contributed by atoms with E-state index in [9.17, 15) is 10.1 Å². The maximum atomic E-state index is 11.1. The number of hydrogen-bond donors (Lipinski definition) is 1. The summed E-state index contributed by atoms with van der Waals surface area (Å²) in [6, 6.07) is 15.2. The van der Waals surface area contributed by atoms with Gasteiger partial charge in [-0.2, -0.15) is 0 Å². The first-order valence-electron chi connectivity index (χ1n) is 6.58. The molecule has 104 valence electrons. The number of nitrogens with zero attached hydrogens (tertiary/aromatic N) is 1. The predicted molar refractivity (Wildman–Crippen MR) is 79.8 cm³/mol. The van der Waals surface area contributed by atoms with Gasteiger partial charge >= 0.3 is 0 Å². The Bertz CT molecular complexity index is 594. The van der Waals surface area contributed by atoms with Crippen molar-refractivity contribution < 1.29 is 4.92 Å². The van der Waals surface area contributed by atoms with E-state index in [1.54, 1.807) is 12.1 Å². The summed E-state index contributed by atoms with van der Waals surface area (Å²) in [5.74, 6) is 0. The summed E-state index contributed by atoms with van der Waals surface area (Å²) in [5, 5.41) is 14.3. The van der Waals surface area contributed by atoms with Gasteiger partial charge in [-0.05, 0) is 26.0 Å². The number of benzene rings is 2. The minimum Gasteiger partial charge on any atom is -0.313 e. The lowest BCUT2D eigenvalue weighted by Crippen LogP contribution is -2.19. The number of nitro benzene ring substituents is 1. The molecular formula is C16H18N2O2. The van der Waals surface area contributed by atoms with E-state index >= 15 is 0 Å². The van der Waals surface area contributed by atoms with Gasteiger partial charge in [0.25, 0.3) is 5.69 Å². The zero-order chi connectivity index (χ0) is 14.5. The van der Waals surface area contributed by atoms with Crippen LogP contribution in [-0.2, 0) is 6.42 Å². The second kappa shape index (κ2) is 6.30. The largest absolute Gasteiger partial charge is 0.313 e. The summed E-state index contributed by atoms with van der Waals surface area (Å²) >= 11 is 0. The molecule has 2 aromatic rings. The van der Waals surface area contributed by atoms with Crippen LogP contribution in [0.25, 0.3) is 0 Å². The molecule has 0 amide bonds. The Morgan fingerprint density at radius 1 is 1.15 bits per heavy atom. The van der Waals surface area contributed by atoms with Crippen molar-refractivity contribution in [1.29, 1.82) is 0 Å². The number of para-hydroxylation sites is 1. The van der Waals surface area contributed by atoms with Gasteiger partial charge in [0.05, 0.1) is 4.92 Å². The molecule has 0 saturated heterocycles. The van der Waals surface area contributed by atoms with E-state index in [2.05, 4.69) is 29.6 Å². The molecular weight excluding hydrogens is 252 g/mol. The first-order chi connectivity index (χ1) is 9.61. The van der Waals surface area contributed by atoms with Crippen LogP contribution in [0.15, 0.2) is 48.5 Å². The molecule has 0 aliphatic rings. The molecule has 0 aliphatic heterocycles. The Kier molecular flexibility index (Phi) is 4.48. The normalized spacial score (nSPS) is 12.1. The van der Waals surface area contributed by atoms with Crippen molar-refractivity contribution in [1.82, 2.24) is 5.32 Å². The van der Waals surface area contributed by atoms with Crippen molar-refractivity contribution >= 4 is 5.69 Å². The Labute approximate surface area is 118 Å². The number of aryl methyl sites for hydroxylation is 1. The van der Waals surface area contributed by atoms with Gasteiger partial charge in [-0.15, -0.1) is 0 Å². The van der Waals surface area contributed by atoms with E-state index in [4.69, 9.17) is 0 Å². The summed E-state index contributed by atoms with van der Waals surface area (Å²) < 4.78 is 0. The molecule has 4 nitrogen and oxygen atoms in total. The van der Waals surface area contributed by atoms with Crippen molar-refractivity contribution in [3.05, 3.63) is 75.3 Å². The summed E-state index contributed by atoms with van der Waals surface area (Å²) in [5.41, 5.74) is 3.27. The molecule has 0 bridgehead atoms. The molecule has 2 rings (SSSR count). The molecule has 20 heavy (non-hydrogen) atoms. The van der Waals surface area contributed by atoms with E-state index in [-0.39, 0.29) is 16.7 Å². The van der Waals surface area contributed by atoms with Gasteiger partial charge in [-0.3, -0.25) is 10.1 Å². The maximum absolute atomic E-state index is 11.1. The van der Waals surface area contributed by atoms with E-state index in [1.165, 1.54) is 5.56 Å². The molecule has 1 unspecified atom stereocenters. The molecule has 4 heteroatoms. The number of nitrogens with one attached hydrogen (secondary N) is 1. The first kappa shape index (κ1) is 14.2. The van der Waals surface area contributed by atoms with Crippen LogP contribution in [0.4, 0.5) is 5.69 Å². The molecule has 1 N–H and O–H groups in total. The zero-order valence-corrected chi connectivity index (χ0v) is 11.7. The van der Waals surface area contributed by atoms with E-state index in [0.717, 1.165) is 11.1 Å². The Morgan fingerprint density at radius 3 is 2.40 bits per heavy atom. The van der Waals surface area contributed by atoms with E-state index in [1.807, 2.05) is 26.1 Å². The molecule has 0 heterocycles. The van der Waals surface area contributed by atoms with Crippen LogP contribution in [-0.4, -0.2) is 12.0 Å². The lowest BCUT2D eigenvalue weighted by molar-refractivity contribution is -0.385. The summed E-state index contributed by atoms with van der Waals surface area (Å²) in [6.45, 7) is 2.04. The predicted octanol–water partition coefficient (Wildman–Crippen LogP) is 3.41. The van der Waals surface area contributed by atoms with E-state index in [0.29, 0.717) is 6.42 Å². The number of hydrogen-bond acceptors (Lipinski definition) is 3. The molecule has 0 aromatic heterocycles. The third kappa shape index (κ3) is 3.22. The van der Waals surface area contributed by atoms with Gasteiger partial charge in [0.2, 0.25) is 0 Å². The molecule has 2 aromatic carbocycles. The molecule has 0 radical (unpaired) electrons. The quantitative estimate of drug-likeness (QED) is 0.669. The highest BCUT2D eigenvalue weighted by atomic mass is 16.6. The fourth-order valence-corrected chi connectivity index (χ4v) is 2.27. The monoisotopic (exact) mass is 270 g/mol. The first-order valence-corrected chi connectivity index (χ1v) is 6.58. The van der Waals surface area contributed by atoms with Gasteiger partial charge < -0.3 is 5.32 Å². The molecule has 0 fully saturated rings. The zero-order valence-electron chi connectivity index (χ0n) is 11.7. The molecule has 0 aliphatic carbocycles. The van der Waals surface area contributed by atoms with Crippen molar-refractivity contribution in [2.45, 2.75) is 19.4 Å². The molecule has 0 spiro atoms. The SMILES string of the molecule is CNC(Cc1ccccc1[N+](=O)[O-])c1ccc(C)cc1. The fraction of sp³-hybridized carbons (Fsp3) is 0.250. The van der Waals surface area contributed by atoms with Crippen LogP contribution >= 0.6 is 0 Å². The molecule has 1 atom stereocenters. The number of likely N-dealkylation sites (N-methyl/N-ethyl adjacent to an activating group) is 1. The lowest BCUT2D eigenvalue weighted by atomic mass is 9.97. The molecule has 0 saturated carbocycles. The Morgan fingerprint density at radius 2 is 1.80 bits per heavy atom. The van der Waals surface area contributed by atoms with Crippen LogP contribution in [0.1, 0.15) is 22.7 Å². The van der Waals surface area contributed by atoms with Crippen LogP contribution in [0.5, 0.6) is 0 Å². The summed E-state index contributed by atoms with van der Waals surface area (Å²) in [7, 11) is 1.87. The number of nitro groups is 1. The van der Waals surface area contributed by atoms with Crippen molar-refractivity contribution in [2.75, 3.05) is 7.05 Å². The summed E-state index contributed by atoms with van der Waals surface area (Å²) in [6.07, 6.45) is 0.594. The third-order valence-electron chi connectivity index (χ3n) is 3.44. The average molecular weight is 270 g/mol. The minimum atomic E-state index is -0.322. The average Bonchev–Trinajstić information content (AvgIpc) is 2.46. The Hall–Kier alpha value is -2.20. The second-order valence-electron chi connectivity index (χ2n) is 4.84. The van der Waals surface area contributed by atoms with Crippen molar-refractivity contribution in [3.63, 3.8) is 0 Å². The van der Waals surface area contributed by atoms with Gasteiger partial charge in [-0.1, -0.05) is 48.0 Å². The lowest BCUT2D eigenvalue weighted by Gasteiger charge is -2.17. The van der Waals surface area contributed by atoms with Crippen LogP contribution in [0.2, 0.25) is 0 Å². The topological polar surface area (TPSA) is 55.2 Å².